The second-order valence-electron chi connectivity index (χ2n) is 5.12. The molecule has 0 amide bonds. The van der Waals surface area contributed by atoms with Gasteiger partial charge in [-0.15, -0.1) is 0 Å². The van der Waals surface area contributed by atoms with Gasteiger partial charge in [0.05, 0.1) is 5.75 Å². The Hall–Kier alpha value is -0.980. The van der Waals surface area contributed by atoms with Gasteiger partial charge in [-0.05, 0) is 31.5 Å². The van der Waals surface area contributed by atoms with Gasteiger partial charge >= 0.3 is 0 Å². The van der Waals surface area contributed by atoms with Gasteiger partial charge in [-0.3, -0.25) is 4.98 Å². The number of hydrogen-bond acceptors (Lipinski definition) is 4. The molecule has 0 bridgehead atoms. The Morgan fingerprint density at radius 3 is 2.70 bits per heavy atom. The monoisotopic (exact) mass is 297 g/mol. The van der Waals surface area contributed by atoms with Crippen molar-refractivity contribution in [3.05, 3.63) is 30.1 Å². The van der Waals surface area contributed by atoms with Crippen LogP contribution in [-0.2, 0) is 16.4 Å². The van der Waals surface area contributed by atoms with Gasteiger partial charge in [-0.25, -0.2) is 12.7 Å². The molecule has 1 N–H and O–H groups in total. The summed E-state index contributed by atoms with van der Waals surface area (Å²) in [6.45, 7) is 4.28. The van der Waals surface area contributed by atoms with Gasteiger partial charge in [0.15, 0.2) is 0 Å². The van der Waals surface area contributed by atoms with E-state index < -0.39 is 10.0 Å². The minimum Gasteiger partial charge on any atom is -0.314 e. The van der Waals surface area contributed by atoms with E-state index in [0.717, 1.165) is 25.1 Å². The minimum absolute atomic E-state index is 0.149. The standard InChI is InChI=1S/C14H23N3O2S/c1-2-15-14-6-10-17(11-7-14)20(18,19)12-8-13-5-3-4-9-16-13/h3-5,9,14-15H,2,6-8,10-12H2,1H3. The fraction of sp³-hybridized carbons (Fsp3) is 0.643. The number of sulfonamides is 1. The summed E-state index contributed by atoms with van der Waals surface area (Å²) in [5.74, 6) is 0.149. The normalized spacial score (nSPS) is 18.2. The van der Waals surface area contributed by atoms with Crippen LogP contribution in [0, 0.1) is 0 Å². The number of pyridine rings is 1. The van der Waals surface area contributed by atoms with Gasteiger partial charge in [-0.1, -0.05) is 13.0 Å². The zero-order valence-electron chi connectivity index (χ0n) is 12.0. The Balaban J connectivity index is 1.85. The summed E-state index contributed by atoms with van der Waals surface area (Å²) in [6, 6.07) is 6.05. The molecule has 6 heteroatoms. The molecule has 1 fully saturated rings. The fourth-order valence-corrected chi connectivity index (χ4v) is 4.03. The van der Waals surface area contributed by atoms with Crippen molar-refractivity contribution in [2.24, 2.45) is 0 Å². The molecule has 0 atom stereocenters. The second-order valence-corrected chi connectivity index (χ2v) is 7.21. The van der Waals surface area contributed by atoms with Crippen LogP contribution in [0.5, 0.6) is 0 Å². The summed E-state index contributed by atoms with van der Waals surface area (Å²) in [5, 5.41) is 3.38. The van der Waals surface area contributed by atoms with Crippen molar-refractivity contribution in [3.8, 4) is 0 Å². The van der Waals surface area contributed by atoms with Crippen molar-refractivity contribution in [1.29, 1.82) is 0 Å². The Morgan fingerprint density at radius 1 is 1.35 bits per heavy atom. The third kappa shape index (κ3) is 4.26. The molecule has 2 heterocycles. The largest absolute Gasteiger partial charge is 0.314 e. The highest BCUT2D eigenvalue weighted by molar-refractivity contribution is 7.89. The van der Waals surface area contributed by atoms with Crippen LogP contribution >= 0.6 is 0 Å². The molecule has 0 aliphatic carbocycles. The van der Waals surface area contributed by atoms with E-state index in [4.69, 9.17) is 0 Å². The van der Waals surface area contributed by atoms with Gasteiger partial charge in [0.2, 0.25) is 10.0 Å². The van der Waals surface area contributed by atoms with Crippen LogP contribution in [0.1, 0.15) is 25.5 Å². The lowest BCUT2D eigenvalue weighted by molar-refractivity contribution is 0.292. The fourth-order valence-electron chi connectivity index (χ4n) is 2.54. The summed E-state index contributed by atoms with van der Waals surface area (Å²) in [6.07, 6.45) is 3.98. The predicted octanol–water partition coefficient (Wildman–Crippen LogP) is 1.03. The number of nitrogens with one attached hydrogen (secondary N) is 1. The van der Waals surface area contributed by atoms with Gasteiger partial charge in [0.25, 0.3) is 0 Å². The number of nitrogens with zero attached hydrogens (tertiary/aromatic N) is 2. The van der Waals surface area contributed by atoms with Crippen molar-refractivity contribution in [1.82, 2.24) is 14.6 Å². The van der Waals surface area contributed by atoms with E-state index in [-0.39, 0.29) is 5.75 Å². The highest BCUT2D eigenvalue weighted by Crippen LogP contribution is 2.15. The van der Waals surface area contributed by atoms with Crippen molar-refractivity contribution < 1.29 is 8.42 Å². The van der Waals surface area contributed by atoms with Gasteiger partial charge < -0.3 is 5.32 Å². The minimum atomic E-state index is -3.15. The predicted molar refractivity (Wildman–Crippen MR) is 80.0 cm³/mol. The quantitative estimate of drug-likeness (QED) is 0.852. The first-order valence-electron chi connectivity index (χ1n) is 7.23. The number of rotatable bonds is 6. The Labute approximate surface area is 121 Å². The van der Waals surface area contributed by atoms with E-state index >= 15 is 0 Å². The topological polar surface area (TPSA) is 62.3 Å². The lowest BCUT2D eigenvalue weighted by Crippen LogP contribution is -2.45. The molecule has 2 rings (SSSR count). The average Bonchev–Trinajstić information content (AvgIpc) is 2.47. The van der Waals surface area contributed by atoms with E-state index in [0.29, 0.717) is 25.6 Å². The first kappa shape index (κ1) is 15.4. The molecule has 112 valence electrons. The molecule has 0 saturated carbocycles. The molecular formula is C14H23N3O2S. The van der Waals surface area contributed by atoms with E-state index in [1.165, 1.54) is 0 Å². The summed E-state index contributed by atoms with van der Waals surface area (Å²) < 4.78 is 26.2. The summed E-state index contributed by atoms with van der Waals surface area (Å²) in [5.41, 5.74) is 0.832. The zero-order chi connectivity index (χ0) is 14.4. The first-order valence-corrected chi connectivity index (χ1v) is 8.84. The first-order chi connectivity index (χ1) is 9.62. The van der Waals surface area contributed by atoms with E-state index in [1.54, 1.807) is 10.5 Å². The summed E-state index contributed by atoms with van der Waals surface area (Å²) in [7, 11) is -3.15. The van der Waals surface area contributed by atoms with Crippen LogP contribution in [-0.4, -0.2) is 49.1 Å². The third-order valence-electron chi connectivity index (χ3n) is 3.68. The molecule has 1 aliphatic heterocycles. The zero-order valence-corrected chi connectivity index (χ0v) is 12.8. The molecule has 0 spiro atoms. The Morgan fingerprint density at radius 2 is 2.10 bits per heavy atom. The molecule has 1 aromatic rings. The Kier molecular flexibility index (Phi) is 5.51. The molecule has 1 aliphatic rings. The smallest absolute Gasteiger partial charge is 0.214 e. The number of piperidine rings is 1. The maximum Gasteiger partial charge on any atom is 0.214 e. The highest BCUT2D eigenvalue weighted by atomic mass is 32.2. The van der Waals surface area contributed by atoms with Crippen molar-refractivity contribution in [2.45, 2.75) is 32.2 Å². The van der Waals surface area contributed by atoms with Gasteiger partial charge in [0, 0.05) is 37.4 Å². The highest BCUT2D eigenvalue weighted by Gasteiger charge is 2.27. The number of hydrogen-bond donors (Lipinski definition) is 1. The lowest BCUT2D eigenvalue weighted by atomic mass is 10.1. The van der Waals surface area contributed by atoms with E-state index in [2.05, 4.69) is 17.2 Å². The molecule has 1 aromatic heterocycles. The SMILES string of the molecule is CCNC1CCN(S(=O)(=O)CCc2ccccn2)CC1. The number of aromatic nitrogens is 1. The molecule has 20 heavy (non-hydrogen) atoms. The van der Waals surface area contributed by atoms with E-state index in [1.807, 2.05) is 18.2 Å². The summed E-state index contributed by atoms with van der Waals surface area (Å²) >= 11 is 0. The summed E-state index contributed by atoms with van der Waals surface area (Å²) in [4.78, 5) is 4.17. The molecule has 0 aromatic carbocycles. The second kappa shape index (κ2) is 7.15. The van der Waals surface area contributed by atoms with Crippen molar-refractivity contribution >= 4 is 10.0 Å². The maximum atomic E-state index is 12.3. The van der Waals surface area contributed by atoms with Crippen LogP contribution in [0.25, 0.3) is 0 Å². The van der Waals surface area contributed by atoms with Gasteiger partial charge in [-0.2, -0.15) is 0 Å². The molecular weight excluding hydrogens is 274 g/mol. The van der Waals surface area contributed by atoms with Crippen LogP contribution in [0.4, 0.5) is 0 Å². The van der Waals surface area contributed by atoms with Gasteiger partial charge in [0.1, 0.15) is 0 Å². The maximum absolute atomic E-state index is 12.3. The van der Waals surface area contributed by atoms with Crippen LogP contribution in [0.2, 0.25) is 0 Å². The molecule has 0 radical (unpaired) electrons. The van der Waals surface area contributed by atoms with Crippen LogP contribution in [0.15, 0.2) is 24.4 Å². The molecule has 5 nitrogen and oxygen atoms in total. The van der Waals surface area contributed by atoms with E-state index in [9.17, 15) is 8.42 Å². The molecule has 0 unspecified atom stereocenters. The van der Waals surface area contributed by atoms with Crippen molar-refractivity contribution in [2.75, 3.05) is 25.4 Å². The average molecular weight is 297 g/mol. The Bertz CT molecular complexity index is 496. The lowest BCUT2D eigenvalue weighted by Gasteiger charge is -2.31. The third-order valence-corrected chi connectivity index (χ3v) is 5.55. The van der Waals surface area contributed by atoms with Crippen LogP contribution < -0.4 is 5.32 Å². The van der Waals surface area contributed by atoms with Crippen LogP contribution in [0.3, 0.4) is 0 Å². The molecule has 1 saturated heterocycles. The number of aryl methyl sites for hydroxylation is 1. The van der Waals surface area contributed by atoms with Crippen molar-refractivity contribution in [3.63, 3.8) is 0 Å².